The van der Waals surface area contributed by atoms with Crippen molar-refractivity contribution in [1.82, 2.24) is 0 Å². The number of phenols is 1. The van der Waals surface area contributed by atoms with Crippen LogP contribution in [0.4, 0.5) is 0 Å². The Hall–Kier alpha value is -3.36. The third-order valence-corrected chi connectivity index (χ3v) is 7.55. The molecule has 1 aliphatic heterocycles. The van der Waals surface area contributed by atoms with E-state index in [0.29, 0.717) is 18.4 Å². The molecule has 1 aromatic carbocycles. The summed E-state index contributed by atoms with van der Waals surface area (Å²) in [7, 11) is 0. The van der Waals surface area contributed by atoms with Crippen molar-refractivity contribution in [2.45, 2.75) is 52.6 Å². The second-order valence-electron chi connectivity index (χ2n) is 9.93. The van der Waals surface area contributed by atoms with E-state index >= 15 is 0 Å². The number of esters is 4. The molecule has 1 fully saturated rings. The van der Waals surface area contributed by atoms with E-state index in [4.69, 9.17) is 18.9 Å². The minimum Gasteiger partial charge on any atom is -0.508 e. The molecule has 0 spiro atoms. The number of rotatable bonds is 6. The van der Waals surface area contributed by atoms with Gasteiger partial charge in [0.15, 0.2) is 0 Å². The Balaban J connectivity index is 1.79. The van der Waals surface area contributed by atoms with Gasteiger partial charge in [-0.15, -0.1) is 0 Å². The van der Waals surface area contributed by atoms with Crippen LogP contribution in [0.25, 0.3) is 0 Å². The van der Waals surface area contributed by atoms with Crippen molar-refractivity contribution >= 4 is 23.9 Å². The smallest absolute Gasteiger partial charge is 0.338 e. The van der Waals surface area contributed by atoms with Crippen molar-refractivity contribution in [2.24, 2.45) is 16.7 Å². The van der Waals surface area contributed by atoms with Gasteiger partial charge in [0.2, 0.25) is 0 Å². The number of benzene rings is 1. The fraction of sp³-hybridized carbons (Fsp3) is 0.538. The van der Waals surface area contributed by atoms with Gasteiger partial charge in [0.05, 0.1) is 12.2 Å². The van der Waals surface area contributed by atoms with Crippen LogP contribution in [-0.4, -0.2) is 54.9 Å². The number of ether oxygens (including phenoxy) is 4. The first-order valence-electron chi connectivity index (χ1n) is 11.7. The van der Waals surface area contributed by atoms with E-state index in [1.54, 1.807) is 0 Å². The minimum atomic E-state index is -0.807. The molecule has 0 bridgehead atoms. The van der Waals surface area contributed by atoms with Gasteiger partial charge in [-0.3, -0.25) is 9.59 Å². The quantitative estimate of drug-likeness (QED) is 0.477. The Morgan fingerprint density at radius 3 is 2.37 bits per heavy atom. The molecule has 4 rings (SSSR count). The highest BCUT2D eigenvalue weighted by molar-refractivity contribution is 5.93. The summed E-state index contributed by atoms with van der Waals surface area (Å²) in [5.41, 5.74) is 0.0554. The summed E-state index contributed by atoms with van der Waals surface area (Å²) in [6, 6.07) is 5.70. The largest absolute Gasteiger partial charge is 0.508 e. The fourth-order valence-electron chi connectivity index (χ4n) is 6.15. The van der Waals surface area contributed by atoms with Crippen LogP contribution in [0.5, 0.6) is 5.75 Å². The molecular formula is C26H30O9. The van der Waals surface area contributed by atoms with Crippen LogP contribution in [0.15, 0.2) is 35.4 Å². The van der Waals surface area contributed by atoms with Gasteiger partial charge in [-0.25, -0.2) is 9.59 Å². The van der Waals surface area contributed by atoms with Crippen LogP contribution < -0.4 is 0 Å². The Kier molecular flexibility index (Phi) is 6.62. The first-order valence-corrected chi connectivity index (χ1v) is 11.7. The summed E-state index contributed by atoms with van der Waals surface area (Å²) in [6.07, 6.45) is 1.43. The first-order chi connectivity index (χ1) is 16.6. The summed E-state index contributed by atoms with van der Waals surface area (Å²) < 4.78 is 22.4. The predicted molar refractivity (Wildman–Crippen MR) is 121 cm³/mol. The molecule has 2 aliphatic carbocycles. The zero-order valence-corrected chi connectivity index (χ0v) is 20.1. The average molecular weight is 487 g/mol. The van der Waals surface area contributed by atoms with Crippen molar-refractivity contribution in [3.63, 3.8) is 0 Å². The number of hydrogen-bond donors (Lipinski definition) is 1. The molecule has 9 nitrogen and oxygen atoms in total. The molecule has 0 amide bonds. The maximum Gasteiger partial charge on any atom is 0.338 e. The number of carbonyl (C=O) groups is 4. The van der Waals surface area contributed by atoms with E-state index in [-0.39, 0.29) is 37.6 Å². The Labute approximate surface area is 203 Å². The van der Waals surface area contributed by atoms with E-state index < -0.39 is 46.7 Å². The van der Waals surface area contributed by atoms with Crippen molar-refractivity contribution in [3.05, 3.63) is 41.0 Å². The van der Waals surface area contributed by atoms with Crippen LogP contribution in [0, 0.1) is 16.7 Å². The maximum absolute atomic E-state index is 13.1. The van der Waals surface area contributed by atoms with E-state index in [9.17, 15) is 24.3 Å². The Morgan fingerprint density at radius 2 is 1.71 bits per heavy atom. The number of aromatic hydroxyl groups is 1. The van der Waals surface area contributed by atoms with E-state index in [0.717, 1.165) is 12.0 Å². The van der Waals surface area contributed by atoms with Gasteiger partial charge in [-0.05, 0) is 42.7 Å². The van der Waals surface area contributed by atoms with Crippen molar-refractivity contribution in [3.8, 4) is 5.75 Å². The third-order valence-electron chi connectivity index (χ3n) is 7.55. The van der Waals surface area contributed by atoms with Crippen LogP contribution >= 0.6 is 0 Å². The summed E-state index contributed by atoms with van der Waals surface area (Å²) >= 11 is 0. The lowest BCUT2D eigenvalue weighted by Crippen LogP contribution is -2.58. The van der Waals surface area contributed by atoms with Gasteiger partial charge in [0.1, 0.15) is 25.1 Å². The monoisotopic (exact) mass is 486 g/mol. The summed E-state index contributed by atoms with van der Waals surface area (Å²) in [4.78, 5) is 49.3. The molecule has 0 aromatic heterocycles. The van der Waals surface area contributed by atoms with Gasteiger partial charge >= 0.3 is 23.9 Å². The molecule has 0 radical (unpaired) electrons. The lowest BCUT2D eigenvalue weighted by atomic mass is 9.48. The standard InChI is InChI=1S/C26H30O9/c1-15(27)33-13-25(3)9-4-10-26(14-34-16(2)28)20-12-32-24(31)19(20)11-21(22(25)26)35-23(30)17-5-7-18(29)8-6-17/h5-8,21-22,29H,4,9-14H2,1-3H3/t21-,22+,25-,26+/m1/s1. The fourth-order valence-corrected chi connectivity index (χ4v) is 6.15. The molecule has 1 heterocycles. The lowest BCUT2D eigenvalue weighted by molar-refractivity contribution is -0.167. The number of cyclic esters (lactones) is 1. The highest BCUT2D eigenvalue weighted by Crippen LogP contribution is 2.61. The second kappa shape index (κ2) is 9.36. The molecule has 9 heteroatoms. The minimum absolute atomic E-state index is 0.00535. The van der Waals surface area contributed by atoms with Gasteiger partial charge in [-0.1, -0.05) is 13.3 Å². The lowest BCUT2D eigenvalue weighted by Gasteiger charge is -2.57. The highest BCUT2D eigenvalue weighted by atomic mass is 16.6. The predicted octanol–water partition coefficient (Wildman–Crippen LogP) is 3.09. The molecule has 1 N–H and O–H groups in total. The molecule has 188 valence electrons. The summed E-state index contributed by atoms with van der Waals surface area (Å²) in [6.45, 7) is 4.83. The number of hydrogen-bond acceptors (Lipinski definition) is 9. The summed E-state index contributed by atoms with van der Waals surface area (Å²) in [5.74, 6) is -2.33. The van der Waals surface area contributed by atoms with Crippen molar-refractivity contribution in [1.29, 1.82) is 0 Å². The molecule has 4 atom stereocenters. The summed E-state index contributed by atoms with van der Waals surface area (Å²) in [5, 5.41) is 9.56. The third kappa shape index (κ3) is 4.63. The zero-order valence-electron chi connectivity index (χ0n) is 20.1. The number of fused-ring (bicyclic) bond motifs is 2. The van der Waals surface area contributed by atoms with Crippen LogP contribution in [0.1, 0.15) is 56.8 Å². The molecule has 1 saturated carbocycles. The topological polar surface area (TPSA) is 125 Å². The molecule has 0 saturated heterocycles. The Morgan fingerprint density at radius 1 is 1.06 bits per heavy atom. The average Bonchev–Trinajstić information content (AvgIpc) is 3.18. The molecule has 35 heavy (non-hydrogen) atoms. The number of carbonyl (C=O) groups excluding carboxylic acids is 4. The van der Waals surface area contributed by atoms with E-state index in [1.807, 2.05) is 6.92 Å². The van der Waals surface area contributed by atoms with Gasteiger partial charge in [0, 0.05) is 42.6 Å². The molecule has 1 aromatic rings. The second-order valence-corrected chi connectivity index (χ2v) is 9.93. The molecule has 3 aliphatic rings. The van der Waals surface area contributed by atoms with E-state index in [1.165, 1.54) is 38.1 Å². The molecule has 0 unspecified atom stereocenters. The van der Waals surface area contributed by atoms with Gasteiger partial charge in [-0.2, -0.15) is 0 Å². The maximum atomic E-state index is 13.1. The Bertz CT molecular complexity index is 1070. The van der Waals surface area contributed by atoms with Crippen molar-refractivity contribution in [2.75, 3.05) is 19.8 Å². The van der Waals surface area contributed by atoms with Crippen LogP contribution in [0.2, 0.25) is 0 Å². The highest BCUT2D eigenvalue weighted by Gasteiger charge is 2.62. The normalized spacial score (nSPS) is 29.5. The van der Waals surface area contributed by atoms with Crippen molar-refractivity contribution < 1.29 is 43.2 Å². The SMILES string of the molecule is CC(=O)OC[C@@]1(C)CCC[C@]2(COC(C)=O)C3=C(C[C@@H](OC(=O)c4ccc(O)cc4)[C@@H]12)C(=O)OC3. The van der Waals surface area contributed by atoms with Crippen LogP contribution in [-0.2, 0) is 33.3 Å². The first kappa shape index (κ1) is 24.8. The zero-order chi connectivity index (χ0) is 25.4. The number of phenolic OH excluding ortho intramolecular Hbond substituents is 1. The van der Waals surface area contributed by atoms with Crippen LogP contribution in [0.3, 0.4) is 0 Å². The van der Waals surface area contributed by atoms with Gasteiger partial charge < -0.3 is 24.1 Å². The van der Waals surface area contributed by atoms with E-state index in [2.05, 4.69) is 0 Å². The molecular weight excluding hydrogens is 456 g/mol. The van der Waals surface area contributed by atoms with Gasteiger partial charge in [0.25, 0.3) is 0 Å².